The minimum absolute atomic E-state index is 0.480. The van der Waals surface area contributed by atoms with Crippen molar-refractivity contribution in [2.24, 2.45) is 0 Å². The van der Waals surface area contributed by atoms with Gasteiger partial charge in [-0.3, -0.25) is 0 Å². The van der Waals surface area contributed by atoms with Crippen LogP contribution in [0, 0.1) is 0 Å². The van der Waals surface area contributed by atoms with Crippen LogP contribution < -0.4 is 0 Å². The van der Waals surface area contributed by atoms with Gasteiger partial charge in [0.2, 0.25) is 0 Å². The fourth-order valence-electron chi connectivity index (χ4n) is 1.38. The maximum atomic E-state index is 5.64. The number of aromatic nitrogens is 3. The average molecular weight is 361 g/mol. The number of hydrogen-bond acceptors (Lipinski definition) is 3. The van der Waals surface area contributed by atoms with Gasteiger partial charge < -0.3 is 4.74 Å². The molecule has 2 rings (SSSR count). The van der Waals surface area contributed by atoms with Gasteiger partial charge in [-0.1, -0.05) is 51.5 Å². The van der Waals surface area contributed by atoms with Gasteiger partial charge >= 0.3 is 0 Å². The van der Waals surface area contributed by atoms with E-state index < -0.39 is 0 Å². The summed E-state index contributed by atoms with van der Waals surface area (Å²) in [5, 5.41) is 7.89. The standard InChI is InChI=1S/C11H11Br2N3O/c12-8-16-10(11(13)14-15-16)7-17-6-9-4-2-1-3-5-9/h1-5H,6-8H2. The van der Waals surface area contributed by atoms with Crippen molar-refractivity contribution >= 4 is 31.9 Å². The monoisotopic (exact) mass is 359 g/mol. The largest absolute Gasteiger partial charge is 0.370 e. The van der Waals surface area contributed by atoms with Crippen molar-refractivity contribution in [1.29, 1.82) is 0 Å². The van der Waals surface area contributed by atoms with Gasteiger partial charge in [-0.25, -0.2) is 4.68 Å². The minimum atomic E-state index is 0.480. The Bertz CT molecular complexity index is 473. The molecule has 2 aromatic rings. The first-order valence-corrected chi connectivity index (χ1v) is 6.98. The fraction of sp³-hybridized carbons (Fsp3) is 0.273. The van der Waals surface area contributed by atoms with E-state index in [1.165, 1.54) is 0 Å². The van der Waals surface area contributed by atoms with Crippen LogP contribution in [-0.2, 0) is 23.4 Å². The molecule has 1 heterocycles. The molecule has 17 heavy (non-hydrogen) atoms. The van der Waals surface area contributed by atoms with Gasteiger partial charge in [0.15, 0.2) is 4.60 Å². The Hall–Kier alpha value is -0.720. The second-order valence-electron chi connectivity index (χ2n) is 3.42. The highest BCUT2D eigenvalue weighted by Crippen LogP contribution is 2.15. The van der Waals surface area contributed by atoms with E-state index in [9.17, 15) is 0 Å². The number of rotatable bonds is 5. The highest BCUT2D eigenvalue weighted by atomic mass is 79.9. The molecule has 0 amide bonds. The van der Waals surface area contributed by atoms with Crippen LogP contribution in [0.3, 0.4) is 0 Å². The molecule has 4 nitrogen and oxygen atoms in total. The van der Waals surface area contributed by atoms with Crippen molar-refractivity contribution in [2.45, 2.75) is 18.7 Å². The third-order valence-electron chi connectivity index (χ3n) is 2.25. The summed E-state index contributed by atoms with van der Waals surface area (Å²) in [7, 11) is 0. The van der Waals surface area contributed by atoms with E-state index >= 15 is 0 Å². The second-order valence-corrected chi connectivity index (χ2v) is 4.68. The zero-order valence-corrected chi connectivity index (χ0v) is 12.2. The number of nitrogens with zero attached hydrogens (tertiary/aromatic N) is 3. The van der Waals surface area contributed by atoms with Gasteiger partial charge in [-0.15, -0.1) is 5.10 Å². The maximum absolute atomic E-state index is 5.64. The number of hydrogen-bond donors (Lipinski definition) is 0. The lowest BCUT2D eigenvalue weighted by atomic mass is 10.2. The molecular formula is C11H11Br2N3O. The Labute approximate surface area is 116 Å². The highest BCUT2D eigenvalue weighted by molar-refractivity contribution is 9.10. The number of ether oxygens (including phenoxy) is 1. The van der Waals surface area contributed by atoms with Gasteiger partial charge in [0.1, 0.15) is 0 Å². The summed E-state index contributed by atoms with van der Waals surface area (Å²) < 4.78 is 8.11. The minimum Gasteiger partial charge on any atom is -0.370 e. The molecule has 0 aliphatic heterocycles. The fourth-order valence-corrected chi connectivity index (χ4v) is 2.17. The molecule has 0 aliphatic carbocycles. The van der Waals surface area contributed by atoms with Gasteiger partial charge in [0.05, 0.1) is 24.4 Å². The first-order chi connectivity index (χ1) is 8.31. The van der Waals surface area contributed by atoms with Crippen LogP contribution in [0.2, 0.25) is 0 Å². The lowest BCUT2D eigenvalue weighted by molar-refractivity contribution is 0.101. The molecular weight excluding hydrogens is 350 g/mol. The molecule has 6 heteroatoms. The molecule has 0 unspecified atom stereocenters. The van der Waals surface area contributed by atoms with Crippen molar-refractivity contribution in [3.05, 3.63) is 46.2 Å². The van der Waals surface area contributed by atoms with Crippen LogP contribution in [0.1, 0.15) is 11.3 Å². The van der Waals surface area contributed by atoms with Crippen molar-refractivity contribution in [1.82, 2.24) is 15.0 Å². The SMILES string of the molecule is BrCn1nnc(Br)c1COCc1ccccc1. The normalized spacial score (nSPS) is 10.7. The van der Waals surface area contributed by atoms with Crippen LogP contribution in [0.4, 0.5) is 0 Å². The van der Waals surface area contributed by atoms with E-state index in [1.54, 1.807) is 4.68 Å². The quantitative estimate of drug-likeness (QED) is 0.769. The molecule has 0 radical (unpaired) electrons. The van der Waals surface area contributed by atoms with E-state index in [0.29, 0.717) is 18.7 Å². The molecule has 90 valence electrons. The van der Waals surface area contributed by atoms with Crippen LogP contribution >= 0.6 is 31.9 Å². The molecule has 0 N–H and O–H groups in total. The Morgan fingerprint density at radius 3 is 2.65 bits per heavy atom. The van der Waals surface area contributed by atoms with Gasteiger partial charge in [-0.05, 0) is 21.5 Å². The van der Waals surface area contributed by atoms with Crippen LogP contribution in [0.5, 0.6) is 0 Å². The van der Waals surface area contributed by atoms with Gasteiger partial charge in [0, 0.05) is 0 Å². The smallest absolute Gasteiger partial charge is 0.154 e. The number of benzene rings is 1. The Balaban J connectivity index is 1.92. The molecule has 1 aromatic carbocycles. The number of alkyl halides is 1. The molecule has 0 spiro atoms. The Morgan fingerprint density at radius 2 is 1.94 bits per heavy atom. The van der Waals surface area contributed by atoms with E-state index in [0.717, 1.165) is 15.9 Å². The molecule has 1 aromatic heterocycles. The van der Waals surface area contributed by atoms with E-state index in [1.807, 2.05) is 30.3 Å². The van der Waals surface area contributed by atoms with Crippen molar-refractivity contribution < 1.29 is 4.74 Å². The summed E-state index contributed by atoms with van der Waals surface area (Å²) in [4.78, 5) is 0. The van der Waals surface area contributed by atoms with Crippen molar-refractivity contribution in [2.75, 3.05) is 0 Å². The van der Waals surface area contributed by atoms with Crippen LogP contribution in [-0.4, -0.2) is 15.0 Å². The van der Waals surface area contributed by atoms with Gasteiger partial charge in [-0.2, -0.15) is 0 Å². The van der Waals surface area contributed by atoms with Crippen LogP contribution in [0.15, 0.2) is 34.9 Å². The Kier molecular flexibility index (Phi) is 4.70. The van der Waals surface area contributed by atoms with Crippen molar-refractivity contribution in [3.63, 3.8) is 0 Å². The van der Waals surface area contributed by atoms with E-state index in [2.05, 4.69) is 42.2 Å². The zero-order chi connectivity index (χ0) is 12.1. The lowest BCUT2D eigenvalue weighted by Crippen LogP contribution is -2.04. The Morgan fingerprint density at radius 1 is 1.18 bits per heavy atom. The lowest BCUT2D eigenvalue weighted by Gasteiger charge is -2.05. The predicted octanol–water partition coefficient (Wildman–Crippen LogP) is 3.11. The summed E-state index contributed by atoms with van der Waals surface area (Å²) >= 11 is 6.69. The summed E-state index contributed by atoms with van der Waals surface area (Å²) in [5.41, 5.74) is 2.69. The number of halogens is 2. The third-order valence-corrected chi connectivity index (χ3v) is 3.35. The van der Waals surface area contributed by atoms with Crippen molar-refractivity contribution in [3.8, 4) is 0 Å². The van der Waals surface area contributed by atoms with Crippen LogP contribution in [0.25, 0.3) is 0 Å². The van der Waals surface area contributed by atoms with E-state index in [-0.39, 0.29) is 0 Å². The summed E-state index contributed by atoms with van der Waals surface area (Å²) in [6.07, 6.45) is 0. The average Bonchev–Trinajstić information content (AvgIpc) is 2.72. The maximum Gasteiger partial charge on any atom is 0.154 e. The highest BCUT2D eigenvalue weighted by Gasteiger charge is 2.09. The zero-order valence-electron chi connectivity index (χ0n) is 9.01. The molecule has 0 fully saturated rings. The molecule has 0 saturated carbocycles. The first kappa shape index (κ1) is 12.7. The topological polar surface area (TPSA) is 39.9 Å². The summed E-state index contributed by atoms with van der Waals surface area (Å²) in [6, 6.07) is 10.1. The molecule has 0 aliphatic rings. The van der Waals surface area contributed by atoms with E-state index in [4.69, 9.17) is 4.74 Å². The molecule has 0 bridgehead atoms. The molecule has 0 atom stereocenters. The summed E-state index contributed by atoms with van der Waals surface area (Å²) in [5.74, 6) is 0. The molecule has 0 saturated heterocycles. The second kappa shape index (κ2) is 6.28. The third kappa shape index (κ3) is 3.37. The first-order valence-electron chi connectivity index (χ1n) is 5.06. The predicted molar refractivity (Wildman–Crippen MR) is 71.6 cm³/mol. The summed E-state index contributed by atoms with van der Waals surface area (Å²) in [6.45, 7) is 1.06. The van der Waals surface area contributed by atoms with Gasteiger partial charge in [0.25, 0.3) is 0 Å².